The lowest BCUT2D eigenvalue weighted by Crippen LogP contribution is -2.26. The van der Waals surface area contributed by atoms with Crippen LogP contribution < -0.4 is 5.73 Å². The zero-order chi connectivity index (χ0) is 11.3. The number of ether oxygens (including phenoxy) is 1. The number of hydrogen-bond donors (Lipinski definition) is 1. The van der Waals surface area contributed by atoms with Gasteiger partial charge in [0.05, 0.1) is 16.7 Å². The molecule has 0 unspecified atom stereocenters. The van der Waals surface area contributed by atoms with Crippen LogP contribution in [-0.4, -0.2) is 19.8 Å². The molecule has 2 N–H and O–H groups in total. The van der Waals surface area contributed by atoms with Crippen LogP contribution in [0.15, 0.2) is 18.2 Å². The Balaban J connectivity index is 2.47. The molecule has 1 atom stereocenters. The predicted octanol–water partition coefficient (Wildman–Crippen LogP) is 2.90. The van der Waals surface area contributed by atoms with Gasteiger partial charge in [0.25, 0.3) is 0 Å². The molecule has 1 aromatic rings. The van der Waals surface area contributed by atoms with E-state index in [1.807, 2.05) is 12.1 Å². The third kappa shape index (κ3) is 4.39. The lowest BCUT2D eigenvalue weighted by molar-refractivity contribution is 0.177. The van der Waals surface area contributed by atoms with Gasteiger partial charge in [0, 0.05) is 13.2 Å². The number of hydrogen-bond acceptors (Lipinski definition) is 2. The Morgan fingerprint density at radius 3 is 2.67 bits per heavy atom. The topological polar surface area (TPSA) is 35.2 Å². The highest BCUT2D eigenvalue weighted by Crippen LogP contribution is 2.23. The standard InChI is InChI=1S/C11H15Cl2NO/c1-15-7-9(14)4-2-8-3-5-10(12)11(13)6-8/h3,5-6,9H,2,4,7,14H2,1H3/t9-/m0/s1. The summed E-state index contributed by atoms with van der Waals surface area (Å²) >= 11 is 11.7. The lowest BCUT2D eigenvalue weighted by atomic mass is 10.1. The maximum Gasteiger partial charge on any atom is 0.0613 e. The Kier molecular flexibility index (Phi) is 5.40. The van der Waals surface area contributed by atoms with Crippen LogP contribution in [0.3, 0.4) is 0 Å². The van der Waals surface area contributed by atoms with Gasteiger partial charge in [-0.25, -0.2) is 0 Å². The van der Waals surface area contributed by atoms with E-state index in [0.29, 0.717) is 16.7 Å². The average molecular weight is 248 g/mol. The molecule has 0 aliphatic rings. The van der Waals surface area contributed by atoms with E-state index in [0.717, 1.165) is 18.4 Å². The van der Waals surface area contributed by atoms with E-state index in [-0.39, 0.29) is 6.04 Å². The quantitative estimate of drug-likeness (QED) is 0.869. The minimum absolute atomic E-state index is 0.0736. The largest absolute Gasteiger partial charge is 0.383 e. The van der Waals surface area contributed by atoms with Gasteiger partial charge in [0.1, 0.15) is 0 Å². The van der Waals surface area contributed by atoms with E-state index in [9.17, 15) is 0 Å². The minimum Gasteiger partial charge on any atom is -0.383 e. The molecule has 0 heterocycles. The van der Waals surface area contributed by atoms with Crippen LogP contribution in [0.5, 0.6) is 0 Å². The molecule has 2 nitrogen and oxygen atoms in total. The van der Waals surface area contributed by atoms with Gasteiger partial charge >= 0.3 is 0 Å². The number of aryl methyl sites for hydroxylation is 1. The van der Waals surface area contributed by atoms with Crippen molar-refractivity contribution in [1.82, 2.24) is 0 Å². The van der Waals surface area contributed by atoms with Crippen LogP contribution in [0.2, 0.25) is 10.0 Å². The number of nitrogens with two attached hydrogens (primary N) is 1. The van der Waals surface area contributed by atoms with Gasteiger partial charge in [-0.2, -0.15) is 0 Å². The van der Waals surface area contributed by atoms with Gasteiger partial charge in [-0.1, -0.05) is 29.3 Å². The normalized spacial score (nSPS) is 12.8. The lowest BCUT2D eigenvalue weighted by Gasteiger charge is -2.10. The van der Waals surface area contributed by atoms with E-state index < -0.39 is 0 Å². The molecule has 0 aliphatic heterocycles. The summed E-state index contributed by atoms with van der Waals surface area (Å²) in [6.07, 6.45) is 1.77. The summed E-state index contributed by atoms with van der Waals surface area (Å²) in [5, 5.41) is 1.18. The summed E-state index contributed by atoms with van der Waals surface area (Å²) in [6, 6.07) is 5.72. The van der Waals surface area contributed by atoms with Crippen LogP contribution in [0.1, 0.15) is 12.0 Å². The first kappa shape index (κ1) is 12.8. The molecule has 0 fully saturated rings. The summed E-state index contributed by atoms with van der Waals surface area (Å²) in [5.74, 6) is 0. The second-order valence-electron chi connectivity index (χ2n) is 3.50. The Morgan fingerprint density at radius 1 is 1.33 bits per heavy atom. The van der Waals surface area contributed by atoms with Crippen molar-refractivity contribution in [2.24, 2.45) is 5.73 Å². The Labute approximate surface area is 100 Å². The number of benzene rings is 1. The van der Waals surface area contributed by atoms with Gasteiger partial charge in [-0.05, 0) is 30.5 Å². The molecule has 1 rings (SSSR count). The monoisotopic (exact) mass is 247 g/mol. The third-order valence-corrected chi connectivity index (χ3v) is 2.91. The van der Waals surface area contributed by atoms with Crippen molar-refractivity contribution < 1.29 is 4.74 Å². The summed E-state index contributed by atoms with van der Waals surface area (Å²) in [4.78, 5) is 0. The van der Waals surface area contributed by atoms with Crippen molar-refractivity contribution in [3.05, 3.63) is 33.8 Å². The van der Waals surface area contributed by atoms with E-state index in [1.165, 1.54) is 0 Å². The Bertz CT molecular complexity index is 317. The van der Waals surface area contributed by atoms with Crippen molar-refractivity contribution >= 4 is 23.2 Å². The zero-order valence-electron chi connectivity index (χ0n) is 8.67. The molecule has 0 aliphatic carbocycles. The molecular weight excluding hydrogens is 233 g/mol. The number of rotatable bonds is 5. The molecule has 0 bridgehead atoms. The summed E-state index contributed by atoms with van der Waals surface area (Å²) in [6.45, 7) is 0.585. The van der Waals surface area contributed by atoms with Crippen LogP contribution in [0.4, 0.5) is 0 Å². The molecule has 15 heavy (non-hydrogen) atoms. The fourth-order valence-corrected chi connectivity index (χ4v) is 1.67. The second-order valence-corrected chi connectivity index (χ2v) is 4.32. The smallest absolute Gasteiger partial charge is 0.0613 e. The molecule has 1 aromatic carbocycles. The fourth-order valence-electron chi connectivity index (χ4n) is 1.34. The Morgan fingerprint density at radius 2 is 2.07 bits per heavy atom. The Hall–Kier alpha value is -0.280. The number of methoxy groups -OCH3 is 1. The molecule has 4 heteroatoms. The summed E-state index contributed by atoms with van der Waals surface area (Å²) < 4.78 is 4.96. The van der Waals surface area contributed by atoms with E-state index in [1.54, 1.807) is 13.2 Å². The van der Waals surface area contributed by atoms with Crippen molar-refractivity contribution in [1.29, 1.82) is 0 Å². The van der Waals surface area contributed by atoms with Crippen molar-refractivity contribution in [2.75, 3.05) is 13.7 Å². The van der Waals surface area contributed by atoms with Gasteiger partial charge in [0.15, 0.2) is 0 Å². The van der Waals surface area contributed by atoms with Gasteiger partial charge < -0.3 is 10.5 Å². The van der Waals surface area contributed by atoms with E-state index in [2.05, 4.69) is 0 Å². The maximum atomic E-state index is 5.90. The molecular formula is C11H15Cl2NO. The van der Waals surface area contributed by atoms with Crippen LogP contribution in [0, 0.1) is 0 Å². The van der Waals surface area contributed by atoms with Crippen molar-refractivity contribution in [3.8, 4) is 0 Å². The van der Waals surface area contributed by atoms with Gasteiger partial charge in [-0.3, -0.25) is 0 Å². The summed E-state index contributed by atoms with van der Waals surface area (Å²) in [7, 11) is 1.65. The van der Waals surface area contributed by atoms with Gasteiger partial charge in [0.2, 0.25) is 0 Å². The predicted molar refractivity (Wildman–Crippen MR) is 64.6 cm³/mol. The van der Waals surface area contributed by atoms with Crippen LogP contribution in [-0.2, 0) is 11.2 Å². The maximum absolute atomic E-state index is 5.90. The minimum atomic E-state index is 0.0736. The molecule has 0 amide bonds. The van der Waals surface area contributed by atoms with Crippen LogP contribution in [0.25, 0.3) is 0 Å². The molecule has 0 saturated carbocycles. The highest BCUT2D eigenvalue weighted by molar-refractivity contribution is 6.42. The highest BCUT2D eigenvalue weighted by atomic mass is 35.5. The number of halogens is 2. The zero-order valence-corrected chi connectivity index (χ0v) is 10.2. The average Bonchev–Trinajstić information content (AvgIpc) is 2.20. The third-order valence-electron chi connectivity index (χ3n) is 2.17. The van der Waals surface area contributed by atoms with Crippen molar-refractivity contribution in [3.63, 3.8) is 0 Å². The molecule has 84 valence electrons. The SMILES string of the molecule is COC[C@@H](N)CCc1ccc(Cl)c(Cl)c1. The van der Waals surface area contributed by atoms with E-state index in [4.69, 9.17) is 33.7 Å². The first-order valence-electron chi connectivity index (χ1n) is 4.82. The van der Waals surface area contributed by atoms with E-state index >= 15 is 0 Å². The van der Waals surface area contributed by atoms with Crippen molar-refractivity contribution in [2.45, 2.75) is 18.9 Å². The molecule has 0 aromatic heterocycles. The first-order valence-corrected chi connectivity index (χ1v) is 5.57. The highest BCUT2D eigenvalue weighted by Gasteiger charge is 2.04. The molecule has 0 radical (unpaired) electrons. The first-order chi connectivity index (χ1) is 7.13. The van der Waals surface area contributed by atoms with Gasteiger partial charge in [-0.15, -0.1) is 0 Å². The second kappa shape index (κ2) is 6.33. The molecule has 0 saturated heterocycles. The fraction of sp³-hybridized carbons (Fsp3) is 0.455. The molecule has 0 spiro atoms. The van der Waals surface area contributed by atoms with Crippen LogP contribution >= 0.6 is 23.2 Å². The summed E-state index contributed by atoms with van der Waals surface area (Å²) in [5.41, 5.74) is 6.96.